The van der Waals surface area contributed by atoms with Gasteiger partial charge in [-0.25, -0.2) is 0 Å². The Morgan fingerprint density at radius 2 is 1.95 bits per heavy atom. The van der Waals surface area contributed by atoms with Crippen molar-refractivity contribution in [2.75, 3.05) is 38.0 Å². The molecule has 1 saturated heterocycles. The average Bonchev–Trinajstić information content (AvgIpc) is 2.68. The molecule has 1 N–H and O–H groups in total. The molecule has 0 saturated carbocycles. The second kappa shape index (κ2) is 6.04. The van der Waals surface area contributed by atoms with E-state index in [-0.39, 0.29) is 11.8 Å². The molecule has 2 amide bonds. The SMILES string of the molecule is CC(=O)N1CCN(CC(=O)Nc2cc(C)nn2C)CC1. The third-order valence-corrected chi connectivity index (χ3v) is 3.45. The van der Waals surface area contributed by atoms with Crippen LogP contribution in [0, 0.1) is 6.92 Å². The van der Waals surface area contributed by atoms with Crippen molar-refractivity contribution in [2.45, 2.75) is 13.8 Å². The Hall–Kier alpha value is -1.89. The lowest BCUT2D eigenvalue weighted by atomic mass is 10.3. The van der Waals surface area contributed by atoms with Crippen LogP contribution in [0.2, 0.25) is 0 Å². The van der Waals surface area contributed by atoms with Crippen LogP contribution in [0.25, 0.3) is 0 Å². The minimum atomic E-state index is -0.0516. The van der Waals surface area contributed by atoms with Gasteiger partial charge in [-0.2, -0.15) is 5.10 Å². The van der Waals surface area contributed by atoms with Gasteiger partial charge in [0.05, 0.1) is 12.2 Å². The van der Waals surface area contributed by atoms with Gasteiger partial charge in [-0.3, -0.25) is 19.2 Å². The first kappa shape index (κ1) is 14.5. The zero-order valence-corrected chi connectivity index (χ0v) is 12.2. The molecule has 2 rings (SSSR count). The number of carbonyl (C=O) groups is 2. The molecule has 0 atom stereocenters. The number of carbonyl (C=O) groups excluding carboxylic acids is 2. The van der Waals surface area contributed by atoms with E-state index < -0.39 is 0 Å². The summed E-state index contributed by atoms with van der Waals surface area (Å²) in [5.41, 5.74) is 0.873. The van der Waals surface area contributed by atoms with Crippen molar-refractivity contribution >= 4 is 17.6 Å². The maximum atomic E-state index is 12.0. The lowest BCUT2D eigenvalue weighted by Gasteiger charge is -2.33. The van der Waals surface area contributed by atoms with Gasteiger partial charge in [-0.05, 0) is 6.92 Å². The van der Waals surface area contributed by atoms with Crippen molar-refractivity contribution in [3.63, 3.8) is 0 Å². The van der Waals surface area contributed by atoms with Crippen LogP contribution in [0.3, 0.4) is 0 Å². The topological polar surface area (TPSA) is 70.5 Å². The van der Waals surface area contributed by atoms with Crippen molar-refractivity contribution in [1.82, 2.24) is 19.6 Å². The second-order valence-corrected chi connectivity index (χ2v) is 5.12. The van der Waals surface area contributed by atoms with Crippen molar-refractivity contribution in [2.24, 2.45) is 7.05 Å². The predicted molar refractivity (Wildman–Crippen MR) is 75.3 cm³/mol. The van der Waals surface area contributed by atoms with Crippen LogP contribution < -0.4 is 5.32 Å². The summed E-state index contributed by atoms with van der Waals surface area (Å²) < 4.78 is 1.65. The molecule has 7 nitrogen and oxygen atoms in total. The highest BCUT2D eigenvalue weighted by molar-refractivity contribution is 5.91. The number of amides is 2. The number of rotatable bonds is 3. The van der Waals surface area contributed by atoms with Gasteiger partial charge >= 0.3 is 0 Å². The first-order chi connectivity index (χ1) is 9.45. The Morgan fingerprint density at radius 1 is 1.30 bits per heavy atom. The van der Waals surface area contributed by atoms with E-state index in [0.29, 0.717) is 25.5 Å². The zero-order chi connectivity index (χ0) is 14.7. The first-order valence-electron chi connectivity index (χ1n) is 6.74. The smallest absolute Gasteiger partial charge is 0.239 e. The van der Waals surface area contributed by atoms with Crippen molar-refractivity contribution < 1.29 is 9.59 Å². The largest absolute Gasteiger partial charge is 0.340 e. The van der Waals surface area contributed by atoms with Gasteiger partial charge in [-0.15, -0.1) is 0 Å². The van der Waals surface area contributed by atoms with Crippen LogP contribution in [0.5, 0.6) is 0 Å². The summed E-state index contributed by atoms with van der Waals surface area (Å²) in [6, 6.07) is 1.84. The molecule has 1 aliphatic rings. The van der Waals surface area contributed by atoms with E-state index in [0.717, 1.165) is 18.8 Å². The molecule has 110 valence electrons. The van der Waals surface area contributed by atoms with Crippen LogP contribution in [-0.2, 0) is 16.6 Å². The third-order valence-electron chi connectivity index (χ3n) is 3.45. The number of nitrogens with zero attached hydrogens (tertiary/aromatic N) is 4. The minimum absolute atomic E-state index is 0.0516. The summed E-state index contributed by atoms with van der Waals surface area (Å²) in [6.45, 7) is 6.65. The van der Waals surface area contributed by atoms with E-state index >= 15 is 0 Å². The predicted octanol–water partition coefficient (Wildman–Crippen LogP) is -0.169. The molecule has 1 fully saturated rings. The quantitative estimate of drug-likeness (QED) is 0.834. The van der Waals surface area contributed by atoms with E-state index in [1.807, 2.05) is 13.0 Å². The highest BCUT2D eigenvalue weighted by atomic mass is 16.2. The lowest BCUT2D eigenvalue weighted by molar-refractivity contribution is -0.130. The summed E-state index contributed by atoms with van der Waals surface area (Å²) >= 11 is 0. The van der Waals surface area contributed by atoms with Crippen LogP contribution in [-0.4, -0.2) is 64.1 Å². The fraction of sp³-hybridized carbons (Fsp3) is 0.615. The molecule has 7 heteroatoms. The molecule has 1 aliphatic heterocycles. The Balaban J connectivity index is 1.81. The molecule has 0 bridgehead atoms. The van der Waals surface area contributed by atoms with Crippen LogP contribution >= 0.6 is 0 Å². The third kappa shape index (κ3) is 3.57. The normalized spacial score (nSPS) is 16.2. The Morgan fingerprint density at radius 3 is 2.45 bits per heavy atom. The molecule has 0 radical (unpaired) electrons. The van der Waals surface area contributed by atoms with E-state index in [1.54, 1.807) is 23.6 Å². The molecular weight excluding hydrogens is 258 g/mol. The van der Waals surface area contributed by atoms with Crippen molar-refractivity contribution in [1.29, 1.82) is 0 Å². The molecule has 1 aromatic heterocycles. The second-order valence-electron chi connectivity index (χ2n) is 5.12. The van der Waals surface area contributed by atoms with E-state index in [4.69, 9.17) is 0 Å². The summed E-state index contributed by atoms with van der Waals surface area (Å²) in [4.78, 5) is 27.1. The molecule has 0 spiro atoms. The number of nitrogens with one attached hydrogen (secondary N) is 1. The summed E-state index contributed by atoms with van der Waals surface area (Å²) in [7, 11) is 1.80. The maximum Gasteiger partial charge on any atom is 0.239 e. The van der Waals surface area contributed by atoms with E-state index in [2.05, 4.69) is 15.3 Å². The Bertz CT molecular complexity index is 503. The minimum Gasteiger partial charge on any atom is -0.340 e. The lowest BCUT2D eigenvalue weighted by Crippen LogP contribution is -2.49. The van der Waals surface area contributed by atoms with Gasteiger partial charge in [-0.1, -0.05) is 0 Å². The summed E-state index contributed by atoms with van der Waals surface area (Å²) in [5, 5.41) is 7.04. The van der Waals surface area contributed by atoms with Gasteiger partial charge in [0.25, 0.3) is 0 Å². The van der Waals surface area contributed by atoms with Gasteiger partial charge in [0.2, 0.25) is 11.8 Å². The van der Waals surface area contributed by atoms with Gasteiger partial charge in [0.1, 0.15) is 5.82 Å². The van der Waals surface area contributed by atoms with E-state index in [1.165, 1.54) is 0 Å². The van der Waals surface area contributed by atoms with Gasteiger partial charge < -0.3 is 10.2 Å². The van der Waals surface area contributed by atoms with Gasteiger partial charge in [0, 0.05) is 46.2 Å². The Kier molecular flexibility index (Phi) is 4.39. The monoisotopic (exact) mass is 279 g/mol. The van der Waals surface area contributed by atoms with Gasteiger partial charge in [0.15, 0.2) is 0 Å². The average molecular weight is 279 g/mol. The zero-order valence-electron chi connectivity index (χ0n) is 12.2. The number of aromatic nitrogens is 2. The number of anilines is 1. The molecule has 0 aliphatic carbocycles. The number of hydrogen-bond acceptors (Lipinski definition) is 4. The highest BCUT2D eigenvalue weighted by Gasteiger charge is 2.20. The molecule has 2 heterocycles. The molecule has 0 aromatic carbocycles. The maximum absolute atomic E-state index is 12.0. The highest BCUT2D eigenvalue weighted by Crippen LogP contribution is 2.08. The molecular formula is C13H21N5O2. The first-order valence-corrected chi connectivity index (χ1v) is 6.74. The number of aryl methyl sites for hydroxylation is 2. The van der Waals surface area contributed by atoms with E-state index in [9.17, 15) is 9.59 Å². The van der Waals surface area contributed by atoms with Crippen LogP contribution in [0.15, 0.2) is 6.07 Å². The Labute approximate surface area is 118 Å². The fourth-order valence-corrected chi connectivity index (χ4v) is 2.33. The number of hydrogen-bond donors (Lipinski definition) is 1. The molecule has 20 heavy (non-hydrogen) atoms. The standard InChI is InChI=1S/C13H21N5O2/c1-10-8-12(16(3)15-10)14-13(20)9-17-4-6-18(7-5-17)11(2)19/h8H,4-7,9H2,1-3H3,(H,14,20). The van der Waals surface area contributed by atoms with Crippen molar-refractivity contribution in [3.05, 3.63) is 11.8 Å². The fourth-order valence-electron chi connectivity index (χ4n) is 2.33. The number of piperazine rings is 1. The summed E-state index contributed by atoms with van der Waals surface area (Å²) in [5.74, 6) is 0.749. The molecule has 1 aromatic rings. The van der Waals surface area contributed by atoms with Crippen LogP contribution in [0.1, 0.15) is 12.6 Å². The molecule has 0 unspecified atom stereocenters. The van der Waals surface area contributed by atoms with Crippen LogP contribution in [0.4, 0.5) is 5.82 Å². The van der Waals surface area contributed by atoms with Crippen molar-refractivity contribution in [3.8, 4) is 0 Å². The summed E-state index contributed by atoms with van der Waals surface area (Å²) in [6.07, 6.45) is 0.